The minimum absolute atomic E-state index is 0.838. The molecule has 24 heavy (non-hydrogen) atoms. The van der Waals surface area contributed by atoms with E-state index in [1.54, 1.807) is 0 Å². The number of fused-ring (bicyclic) bond motifs is 3. The van der Waals surface area contributed by atoms with Crippen LogP contribution in [0.1, 0.15) is 22.8 Å². The molecule has 0 fully saturated rings. The third-order valence-corrected chi connectivity index (χ3v) is 4.92. The predicted octanol–water partition coefficient (Wildman–Crippen LogP) is 4.75. The lowest BCUT2D eigenvalue weighted by Gasteiger charge is -2.09. The Morgan fingerprint density at radius 1 is 0.750 bits per heavy atom. The number of hydrogen-bond donors (Lipinski definition) is 0. The summed E-state index contributed by atoms with van der Waals surface area (Å²) in [7, 11) is 0. The van der Waals surface area contributed by atoms with Gasteiger partial charge in [-0.05, 0) is 38.5 Å². The van der Waals surface area contributed by atoms with Gasteiger partial charge in [0.15, 0.2) is 0 Å². The lowest BCUT2D eigenvalue weighted by molar-refractivity contribution is 0.703. The van der Waals surface area contributed by atoms with E-state index < -0.39 is 0 Å². The molecule has 0 unspecified atom stereocenters. The van der Waals surface area contributed by atoms with Crippen LogP contribution in [0.2, 0.25) is 0 Å². The van der Waals surface area contributed by atoms with Crippen molar-refractivity contribution in [3.8, 4) is 0 Å². The van der Waals surface area contributed by atoms with Crippen molar-refractivity contribution >= 4 is 21.8 Å². The Morgan fingerprint density at radius 3 is 1.79 bits per heavy atom. The number of nitrogens with zero attached hydrogens (tertiary/aromatic N) is 3. The summed E-state index contributed by atoms with van der Waals surface area (Å²) in [6, 6.07) is 17.2. The highest BCUT2D eigenvalue weighted by Crippen LogP contribution is 2.28. The summed E-state index contributed by atoms with van der Waals surface area (Å²) in [6.07, 6.45) is 0.838. The predicted molar refractivity (Wildman–Crippen MR) is 99.4 cm³/mol. The Balaban J connectivity index is 1.77. The van der Waals surface area contributed by atoms with E-state index in [1.165, 1.54) is 27.4 Å². The molecule has 3 nitrogen and oxygen atoms in total. The van der Waals surface area contributed by atoms with Crippen molar-refractivity contribution < 1.29 is 0 Å². The molecule has 120 valence electrons. The molecule has 4 rings (SSSR count). The van der Waals surface area contributed by atoms with Gasteiger partial charge in [-0.25, -0.2) is 9.97 Å². The second-order valence-corrected chi connectivity index (χ2v) is 6.37. The quantitative estimate of drug-likeness (QED) is 0.546. The molecule has 2 aromatic carbocycles. The van der Waals surface area contributed by atoms with Crippen molar-refractivity contribution in [2.45, 2.75) is 33.7 Å². The van der Waals surface area contributed by atoms with Gasteiger partial charge in [0.2, 0.25) is 0 Å². The minimum atomic E-state index is 0.838. The van der Waals surface area contributed by atoms with E-state index in [0.717, 1.165) is 30.2 Å². The Labute approximate surface area is 142 Å². The molecule has 0 saturated carbocycles. The molecule has 0 bridgehead atoms. The monoisotopic (exact) mass is 315 g/mol. The lowest BCUT2D eigenvalue weighted by atomic mass is 10.2. The van der Waals surface area contributed by atoms with Crippen LogP contribution in [0, 0.1) is 20.8 Å². The maximum Gasteiger partial charge on any atom is 0.130 e. The van der Waals surface area contributed by atoms with E-state index in [1.807, 2.05) is 0 Å². The summed E-state index contributed by atoms with van der Waals surface area (Å²) in [4.78, 5) is 9.34. The summed E-state index contributed by atoms with van der Waals surface area (Å²) in [5, 5.41) is 2.62. The van der Waals surface area contributed by atoms with Crippen LogP contribution in [0.4, 0.5) is 0 Å². The third kappa shape index (κ3) is 2.37. The van der Waals surface area contributed by atoms with Crippen LogP contribution in [-0.4, -0.2) is 14.5 Å². The molecule has 0 aliphatic carbocycles. The first-order chi connectivity index (χ1) is 11.6. The van der Waals surface area contributed by atoms with Crippen molar-refractivity contribution in [1.82, 2.24) is 14.5 Å². The molecule has 0 amide bonds. The third-order valence-electron chi connectivity index (χ3n) is 4.92. The largest absolute Gasteiger partial charge is 0.340 e. The van der Waals surface area contributed by atoms with Gasteiger partial charge in [0, 0.05) is 46.2 Å². The molecule has 2 aromatic heterocycles. The maximum absolute atomic E-state index is 4.67. The van der Waals surface area contributed by atoms with E-state index in [0.29, 0.717) is 0 Å². The normalized spacial score (nSPS) is 11.5. The second-order valence-electron chi connectivity index (χ2n) is 6.37. The van der Waals surface area contributed by atoms with Crippen molar-refractivity contribution in [3.63, 3.8) is 0 Å². The highest BCUT2D eigenvalue weighted by atomic mass is 15.0. The molecule has 0 aliphatic heterocycles. The highest BCUT2D eigenvalue weighted by Gasteiger charge is 2.11. The van der Waals surface area contributed by atoms with Gasteiger partial charge in [-0.3, -0.25) is 0 Å². The molecule has 0 N–H and O–H groups in total. The van der Waals surface area contributed by atoms with Crippen LogP contribution in [-0.2, 0) is 13.0 Å². The summed E-state index contributed by atoms with van der Waals surface area (Å²) in [5.41, 5.74) is 5.91. The van der Waals surface area contributed by atoms with Gasteiger partial charge in [0.05, 0.1) is 0 Å². The van der Waals surface area contributed by atoms with Gasteiger partial charge < -0.3 is 4.57 Å². The van der Waals surface area contributed by atoms with Gasteiger partial charge in [0.1, 0.15) is 5.82 Å². The molecule has 0 radical (unpaired) electrons. The standard InChI is InChI=1S/C21H21N3/c1-14-15(2)22-21(23-16(14)3)12-13-24-19-10-6-4-8-17(19)18-9-5-7-11-20(18)24/h4-11H,12-13H2,1-3H3. The molecule has 4 aromatic rings. The molecule has 0 atom stereocenters. The van der Waals surface area contributed by atoms with Gasteiger partial charge in [-0.1, -0.05) is 36.4 Å². The van der Waals surface area contributed by atoms with E-state index in [4.69, 9.17) is 0 Å². The Morgan fingerprint density at radius 2 is 1.25 bits per heavy atom. The van der Waals surface area contributed by atoms with E-state index in [2.05, 4.69) is 83.8 Å². The highest BCUT2D eigenvalue weighted by molar-refractivity contribution is 6.07. The fourth-order valence-electron chi connectivity index (χ4n) is 3.41. The Kier molecular flexibility index (Phi) is 3.57. The SMILES string of the molecule is Cc1nc(CCn2c3ccccc3c3ccccc32)nc(C)c1C. The Hall–Kier alpha value is -2.68. The fourth-order valence-corrected chi connectivity index (χ4v) is 3.41. The molecule has 0 saturated heterocycles. The maximum atomic E-state index is 4.67. The number of hydrogen-bond acceptors (Lipinski definition) is 2. The van der Waals surface area contributed by atoms with Gasteiger partial charge in [-0.2, -0.15) is 0 Å². The molecule has 2 heterocycles. The van der Waals surface area contributed by atoms with Gasteiger partial charge in [-0.15, -0.1) is 0 Å². The van der Waals surface area contributed by atoms with Gasteiger partial charge >= 0.3 is 0 Å². The summed E-state index contributed by atoms with van der Waals surface area (Å²) < 4.78 is 2.39. The topological polar surface area (TPSA) is 30.7 Å². The van der Waals surface area contributed by atoms with Crippen LogP contribution in [0.25, 0.3) is 21.8 Å². The van der Waals surface area contributed by atoms with Crippen molar-refractivity contribution in [3.05, 3.63) is 71.3 Å². The molecule has 3 heteroatoms. The smallest absolute Gasteiger partial charge is 0.130 e. The average molecular weight is 315 g/mol. The van der Waals surface area contributed by atoms with Crippen molar-refractivity contribution in [2.24, 2.45) is 0 Å². The molecule has 0 spiro atoms. The molecule has 0 aliphatic rings. The zero-order valence-electron chi connectivity index (χ0n) is 14.4. The zero-order chi connectivity index (χ0) is 16.7. The van der Waals surface area contributed by atoms with Crippen LogP contribution >= 0.6 is 0 Å². The van der Waals surface area contributed by atoms with E-state index in [9.17, 15) is 0 Å². The first-order valence-corrected chi connectivity index (χ1v) is 8.42. The van der Waals surface area contributed by atoms with Crippen LogP contribution < -0.4 is 0 Å². The zero-order valence-corrected chi connectivity index (χ0v) is 14.4. The van der Waals surface area contributed by atoms with Gasteiger partial charge in [0.25, 0.3) is 0 Å². The number of para-hydroxylation sites is 2. The number of benzene rings is 2. The van der Waals surface area contributed by atoms with Crippen LogP contribution in [0.3, 0.4) is 0 Å². The van der Waals surface area contributed by atoms with Crippen LogP contribution in [0.5, 0.6) is 0 Å². The van der Waals surface area contributed by atoms with Crippen molar-refractivity contribution in [2.75, 3.05) is 0 Å². The van der Waals surface area contributed by atoms with Crippen LogP contribution in [0.15, 0.2) is 48.5 Å². The fraction of sp³-hybridized carbons (Fsp3) is 0.238. The average Bonchev–Trinajstić information content (AvgIpc) is 2.92. The number of rotatable bonds is 3. The summed E-state index contributed by atoms with van der Waals surface area (Å²) >= 11 is 0. The molecular weight excluding hydrogens is 294 g/mol. The summed E-state index contributed by atoms with van der Waals surface area (Å²) in [5.74, 6) is 0.928. The van der Waals surface area contributed by atoms with E-state index >= 15 is 0 Å². The number of aryl methyl sites for hydroxylation is 4. The Bertz CT molecular complexity index is 967. The van der Waals surface area contributed by atoms with Crippen molar-refractivity contribution in [1.29, 1.82) is 0 Å². The minimum Gasteiger partial charge on any atom is -0.340 e. The second kappa shape index (κ2) is 5.75. The summed E-state index contributed by atoms with van der Waals surface area (Å²) in [6.45, 7) is 7.10. The number of aromatic nitrogens is 3. The van der Waals surface area contributed by atoms with E-state index in [-0.39, 0.29) is 0 Å². The first-order valence-electron chi connectivity index (χ1n) is 8.42. The lowest BCUT2D eigenvalue weighted by Crippen LogP contribution is -2.07. The molecular formula is C21H21N3. The first kappa shape index (κ1) is 14.9.